The second kappa shape index (κ2) is 12.3. The first-order valence-corrected chi connectivity index (χ1v) is 17.7. The minimum absolute atomic E-state index is 0. The predicted octanol–water partition coefficient (Wildman–Crippen LogP) is 12.3. The van der Waals surface area contributed by atoms with Crippen LogP contribution in [0.5, 0.6) is 0 Å². The molecule has 8 bridgehead atoms. The van der Waals surface area contributed by atoms with Crippen molar-refractivity contribution in [1.29, 1.82) is 0 Å². The minimum atomic E-state index is 0. The predicted molar refractivity (Wildman–Crippen MR) is 202 cm³/mol. The fourth-order valence-electron chi connectivity index (χ4n) is 5.91. The van der Waals surface area contributed by atoms with Gasteiger partial charge in [-0.25, -0.2) is 29.9 Å². The minimum Gasteiger partial charge on any atom is -0.324 e. The van der Waals surface area contributed by atoms with E-state index in [2.05, 4.69) is 41.8 Å². The van der Waals surface area contributed by atoms with Gasteiger partial charge in [0.15, 0.2) is 23.3 Å². The molecule has 0 aliphatic carbocycles. The van der Waals surface area contributed by atoms with Crippen LogP contribution in [-0.4, -0.2) is 39.9 Å². The first-order valence-electron chi connectivity index (χ1n) is 13.8. The van der Waals surface area contributed by atoms with E-state index in [1.807, 2.05) is 48.5 Å². The molecule has 0 amide bonds. The molecule has 2 aliphatic rings. The average Bonchev–Trinajstić information content (AvgIpc) is 3.83. The van der Waals surface area contributed by atoms with Gasteiger partial charge in [0.05, 0.1) is 45.7 Å². The fraction of sp³-hybridized carbons (Fsp3) is 0. The van der Waals surface area contributed by atoms with Crippen molar-refractivity contribution in [3.05, 3.63) is 87.6 Å². The van der Waals surface area contributed by atoms with Gasteiger partial charge in [-0.1, -0.05) is 118 Å². The van der Waals surface area contributed by atoms with E-state index in [0.29, 0.717) is 59.4 Å². The van der Waals surface area contributed by atoms with Crippen LogP contribution < -0.4 is 0 Å². The number of fused-ring (bicyclic) bond motifs is 20. The number of H-pyrrole nitrogens is 2. The van der Waals surface area contributed by atoms with Crippen LogP contribution in [0.2, 0.25) is 30.1 Å². The Morgan fingerprint density at radius 3 is 1.43 bits per heavy atom. The van der Waals surface area contributed by atoms with Crippen LogP contribution in [-0.2, 0) is 17.1 Å². The summed E-state index contributed by atoms with van der Waals surface area (Å²) in [5.74, 6) is 1.25. The Hall–Kier alpha value is -2.54. The molecule has 0 spiro atoms. The van der Waals surface area contributed by atoms with Gasteiger partial charge >= 0.3 is 17.1 Å². The Morgan fingerprint density at radius 2 is 0.857 bits per heavy atom. The maximum absolute atomic E-state index is 6.91. The standard InChI is InChI=1S/C32H10Br2Cl6N8.Cu/c33-17-13-14(19(35)22(38)18(17)34)30-46-29(13)44-27-11-7-3-1-5-9(11)25(42-27)41-26-10-6-2-4-8-12(10)28(43-26)45-31-15-16(32(47-30)48-31)21(37)24(40)23(39)20(15)36;/h1-8H,(H2,41,42,43,44,45,46,47,48);/q;+1. The summed E-state index contributed by atoms with van der Waals surface area (Å²) < 4.78 is 1.13. The second-order valence-electron chi connectivity index (χ2n) is 10.7. The quantitative estimate of drug-likeness (QED) is 0.0890. The maximum atomic E-state index is 6.91. The normalized spacial score (nSPS) is 11.9. The van der Waals surface area contributed by atoms with Crippen molar-refractivity contribution in [2.45, 2.75) is 0 Å². The first-order chi connectivity index (χ1) is 23.1. The third-order valence-corrected chi connectivity index (χ3v) is 13.1. The summed E-state index contributed by atoms with van der Waals surface area (Å²) in [6, 6.07) is 15.4. The topological polar surface area (TPSA) is 109 Å². The zero-order chi connectivity index (χ0) is 33.2. The van der Waals surface area contributed by atoms with Crippen LogP contribution in [0.4, 0.5) is 0 Å². The van der Waals surface area contributed by atoms with E-state index in [4.69, 9.17) is 99.5 Å². The number of rotatable bonds is 0. The zero-order valence-electron chi connectivity index (χ0n) is 23.6. The number of hydrogen-bond donors (Lipinski definition) is 2. The maximum Gasteiger partial charge on any atom is 1.00 e. The molecule has 17 heteroatoms. The van der Waals surface area contributed by atoms with E-state index in [1.165, 1.54) is 0 Å². The summed E-state index contributed by atoms with van der Waals surface area (Å²) in [4.78, 5) is 36.3. The van der Waals surface area contributed by atoms with Crippen molar-refractivity contribution in [2.75, 3.05) is 0 Å². The van der Waals surface area contributed by atoms with E-state index >= 15 is 0 Å². The Labute approximate surface area is 332 Å². The van der Waals surface area contributed by atoms with Crippen LogP contribution in [0.3, 0.4) is 0 Å². The van der Waals surface area contributed by atoms with Crippen LogP contribution >= 0.6 is 101 Å². The van der Waals surface area contributed by atoms with Crippen molar-refractivity contribution in [2.24, 2.45) is 0 Å². The number of nitrogens with zero attached hydrogens (tertiary/aromatic N) is 6. The largest absolute Gasteiger partial charge is 1.00 e. The molecular formula is C32H10Br2Cl6CuN8+. The summed E-state index contributed by atoms with van der Waals surface area (Å²) in [6.07, 6.45) is 0. The van der Waals surface area contributed by atoms with Gasteiger partial charge < -0.3 is 9.97 Å². The van der Waals surface area contributed by atoms with Gasteiger partial charge in [0.2, 0.25) is 0 Å². The monoisotopic (exact) mass is 937 g/mol. The van der Waals surface area contributed by atoms with Crippen molar-refractivity contribution in [1.82, 2.24) is 39.9 Å². The number of aromatic amines is 2. The third kappa shape index (κ3) is 4.97. The van der Waals surface area contributed by atoms with E-state index in [9.17, 15) is 0 Å². The Kier molecular flexibility index (Phi) is 8.44. The van der Waals surface area contributed by atoms with Gasteiger partial charge in [0.1, 0.15) is 22.6 Å². The van der Waals surface area contributed by atoms with Gasteiger partial charge in [0, 0.05) is 37.1 Å². The van der Waals surface area contributed by atoms with Crippen LogP contribution in [0.15, 0.2) is 57.5 Å². The SMILES string of the molecule is Clc1c(Cl)c(Cl)c2c(c1Cl)-c1nc-2nc2[nH]c(nc3nc(nc4[nH]c(n1)c1ccccc41)-c1ccccc1-3)c1c(Br)c(Br)c(Cl)c(Cl)c21.[Cu+]. The van der Waals surface area contributed by atoms with Gasteiger partial charge in [-0.3, -0.25) is 0 Å². The summed E-state index contributed by atoms with van der Waals surface area (Å²) >= 11 is 47.6. The molecule has 9 rings (SSSR count). The zero-order valence-corrected chi connectivity index (χ0v) is 32.3. The van der Waals surface area contributed by atoms with Crippen molar-refractivity contribution in [3.63, 3.8) is 0 Å². The molecule has 7 aromatic rings. The van der Waals surface area contributed by atoms with Crippen molar-refractivity contribution >= 4 is 146 Å². The van der Waals surface area contributed by atoms with Crippen LogP contribution in [0, 0.1) is 0 Å². The Bertz CT molecular complexity index is 2810. The number of nitrogens with one attached hydrogen (secondary N) is 2. The molecule has 5 heterocycles. The number of hydrogen-bond acceptors (Lipinski definition) is 6. The van der Waals surface area contributed by atoms with Crippen LogP contribution in [0.1, 0.15) is 0 Å². The fourth-order valence-corrected chi connectivity index (χ4v) is 8.61. The molecule has 2 N–H and O–H groups in total. The molecular weight excluding hydrogens is 932 g/mol. The Morgan fingerprint density at radius 1 is 0.429 bits per heavy atom. The van der Waals surface area contributed by atoms with E-state index in [1.54, 1.807) is 0 Å². The van der Waals surface area contributed by atoms with Gasteiger partial charge in [-0.05, 0) is 31.9 Å². The van der Waals surface area contributed by atoms with Crippen molar-refractivity contribution in [3.8, 4) is 45.6 Å². The Balaban J connectivity index is 0.00000348. The summed E-state index contributed by atoms with van der Waals surface area (Å²) in [6.45, 7) is 0. The first kappa shape index (κ1) is 33.6. The number of benzene rings is 4. The third-order valence-electron chi connectivity index (χ3n) is 8.07. The molecule has 49 heavy (non-hydrogen) atoms. The van der Waals surface area contributed by atoms with E-state index in [0.717, 1.165) is 21.9 Å². The van der Waals surface area contributed by atoms with E-state index < -0.39 is 0 Å². The molecule has 0 fully saturated rings. The van der Waals surface area contributed by atoms with Gasteiger partial charge in [-0.2, -0.15) is 0 Å². The molecule has 0 atom stereocenters. The molecule has 8 nitrogen and oxygen atoms in total. The molecule has 2 aliphatic heterocycles. The average molecular weight is 943 g/mol. The molecule has 3 aromatic heterocycles. The molecule has 0 saturated carbocycles. The second-order valence-corrected chi connectivity index (χ2v) is 14.6. The molecule has 0 unspecified atom stereocenters. The summed E-state index contributed by atoms with van der Waals surface area (Å²) in [5, 5.41) is 3.49. The molecule has 0 radical (unpaired) electrons. The number of halogens is 8. The number of aromatic nitrogens is 8. The molecule has 4 aromatic carbocycles. The van der Waals surface area contributed by atoms with Crippen LogP contribution in [0.25, 0.3) is 89.7 Å². The smallest absolute Gasteiger partial charge is 0.324 e. The van der Waals surface area contributed by atoms with Gasteiger partial charge in [-0.15, -0.1) is 0 Å². The summed E-state index contributed by atoms with van der Waals surface area (Å²) in [7, 11) is 0. The van der Waals surface area contributed by atoms with Crippen molar-refractivity contribution < 1.29 is 17.1 Å². The van der Waals surface area contributed by atoms with Gasteiger partial charge in [0.25, 0.3) is 0 Å². The molecule has 0 saturated heterocycles. The summed E-state index contributed by atoms with van der Waals surface area (Å²) in [5.41, 5.74) is 3.99. The molecule has 244 valence electrons. The van der Waals surface area contributed by atoms with E-state index in [-0.39, 0.29) is 64.5 Å².